The Morgan fingerprint density at radius 1 is 0.319 bits per heavy atom. The van der Waals surface area contributed by atoms with Gasteiger partial charge in [0.05, 0.1) is 8.22 Å². The number of aromatic nitrogens is 3. The number of para-hydroxylation sites is 2. The molecule has 69 heavy (non-hydrogen) atoms. The Labute approximate surface area is 413 Å². The van der Waals surface area contributed by atoms with Crippen LogP contribution < -0.4 is 0 Å². The molecule has 14 rings (SSSR count). The van der Waals surface area contributed by atoms with E-state index in [1.54, 1.807) is 11.3 Å². The van der Waals surface area contributed by atoms with Crippen LogP contribution in [0.1, 0.15) is 8.22 Å². The van der Waals surface area contributed by atoms with Crippen molar-refractivity contribution in [2.24, 2.45) is 0 Å². The summed E-state index contributed by atoms with van der Waals surface area (Å²) in [5.41, 5.74) is 10.1. The molecule has 0 aliphatic heterocycles. The van der Waals surface area contributed by atoms with Crippen LogP contribution in [0, 0.1) is 0 Å². The number of nitrogens with zero attached hydrogens (tertiary/aromatic N) is 3. The van der Waals surface area contributed by atoms with Gasteiger partial charge in [-0.3, -0.25) is 0 Å². The lowest BCUT2D eigenvalue weighted by atomic mass is 9.95. The molecule has 0 N–H and O–H groups in total. The number of hydrogen-bond donors (Lipinski definition) is 0. The van der Waals surface area contributed by atoms with Gasteiger partial charge >= 0.3 is 0 Å². The summed E-state index contributed by atoms with van der Waals surface area (Å²) in [7, 11) is 0. The lowest BCUT2D eigenvalue weighted by Gasteiger charge is -2.10. The Balaban J connectivity index is 0.942. The van der Waals surface area contributed by atoms with Crippen LogP contribution >= 0.6 is 22.7 Å². The molecule has 14 aromatic rings. The maximum absolute atomic E-state index is 9.92. The van der Waals surface area contributed by atoms with E-state index in [1.165, 1.54) is 0 Å². The molecular weight excluding hydrogens is 879 g/mol. The number of furan rings is 1. The molecule has 0 amide bonds. The first kappa shape index (κ1) is 33.8. The Morgan fingerprint density at radius 3 is 1.51 bits per heavy atom. The minimum Gasteiger partial charge on any atom is -0.455 e. The van der Waals surface area contributed by atoms with Crippen LogP contribution in [0.2, 0.25) is 0 Å². The molecule has 10 aromatic carbocycles. The van der Waals surface area contributed by atoms with Crippen molar-refractivity contribution in [3.63, 3.8) is 0 Å². The normalized spacial score (nSPS) is 13.0. The molecule has 0 bridgehead atoms. The van der Waals surface area contributed by atoms with Gasteiger partial charge in [-0.25, -0.2) is 15.0 Å². The van der Waals surface area contributed by atoms with Crippen LogP contribution in [0.25, 0.3) is 141 Å². The quantitative estimate of drug-likeness (QED) is 0.160. The summed E-state index contributed by atoms with van der Waals surface area (Å²) in [6.45, 7) is 0. The SMILES string of the molecule is [2H]c1c([2H])c(-c2cccc3sc4ccccc4c23)c2c(sc3c([2H])c(-c4nc(-c5ccc(-c6ccccc6)cc5)nc(-c5ccc(-c6cccc7c6oc6c(-c8ccccc8)cccc67)cc5)n4)c([2H])c([2H])c32)c1[2H]. The van der Waals surface area contributed by atoms with Gasteiger partial charge in [0.2, 0.25) is 0 Å². The Kier molecular flexibility index (Phi) is 7.88. The third-order valence-corrected chi connectivity index (χ3v) is 15.1. The molecule has 0 aliphatic carbocycles. The minimum atomic E-state index is -0.266. The smallest absolute Gasteiger partial charge is 0.164 e. The predicted octanol–water partition coefficient (Wildman–Crippen LogP) is 18.2. The summed E-state index contributed by atoms with van der Waals surface area (Å²) in [6.07, 6.45) is 0. The molecule has 4 nitrogen and oxygen atoms in total. The van der Waals surface area contributed by atoms with Crippen molar-refractivity contribution in [1.82, 2.24) is 15.0 Å². The van der Waals surface area contributed by atoms with E-state index in [0.29, 0.717) is 54.1 Å². The summed E-state index contributed by atoms with van der Waals surface area (Å²) >= 11 is 2.77. The molecule has 0 aliphatic rings. The van der Waals surface area contributed by atoms with Crippen molar-refractivity contribution < 1.29 is 12.6 Å². The highest BCUT2D eigenvalue weighted by Gasteiger charge is 2.20. The van der Waals surface area contributed by atoms with Crippen LogP contribution in [0.4, 0.5) is 0 Å². The van der Waals surface area contributed by atoms with Crippen LogP contribution in [0.5, 0.6) is 0 Å². The van der Waals surface area contributed by atoms with Crippen molar-refractivity contribution in [3.8, 4) is 78.7 Å². The first-order valence-corrected chi connectivity index (χ1v) is 24.2. The number of benzene rings is 10. The highest BCUT2D eigenvalue weighted by molar-refractivity contribution is 7.26. The fraction of sp³-hybridized carbons (Fsp3) is 0. The Hall–Kier alpha value is -8.55. The largest absolute Gasteiger partial charge is 0.455 e. The Morgan fingerprint density at radius 2 is 0.812 bits per heavy atom. The average molecular weight is 922 g/mol. The second-order valence-electron chi connectivity index (χ2n) is 16.9. The van der Waals surface area contributed by atoms with Gasteiger partial charge in [0.25, 0.3) is 0 Å². The standard InChI is InChI=1S/C63H37N3OS2/c1-3-13-38(14-4-1)39-27-31-42(32-28-39)61-64-62(43-33-29-41(30-34-43)46-19-10-23-50-49-22-9-18-45(59(49)67-60(46)50)40-15-5-2-6-16-40)66-63(65-61)44-35-36-52-56(37-44)69-55-26-12-21-48(58(52)55)47-20-11-25-54-57(47)51-17-7-8-24-53(51)68-54/h1-37H/i12D,21D,26D,35D,36D,37D. The van der Waals surface area contributed by atoms with E-state index in [1.807, 2.05) is 127 Å². The molecule has 0 unspecified atom stereocenters. The molecule has 4 aromatic heterocycles. The fourth-order valence-electron chi connectivity index (χ4n) is 9.62. The number of thiophene rings is 2. The average Bonchev–Trinajstić information content (AvgIpc) is 4.26. The predicted molar refractivity (Wildman–Crippen MR) is 291 cm³/mol. The van der Waals surface area contributed by atoms with Crippen molar-refractivity contribution >= 4 is 85.0 Å². The van der Waals surface area contributed by atoms with E-state index in [-0.39, 0.29) is 47.6 Å². The zero-order chi connectivity index (χ0) is 50.6. The second-order valence-corrected chi connectivity index (χ2v) is 19.1. The third-order valence-electron chi connectivity index (χ3n) is 12.9. The highest BCUT2D eigenvalue weighted by Crippen LogP contribution is 2.46. The molecule has 6 heteroatoms. The Bertz CT molecular complexity index is 4650. The first-order valence-electron chi connectivity index (χ1n) is 25.6. The molecule has 322 valence electrons. The van der Waals surface area contributed by atoms with Crippen molar-refractivity contribution in [3.05, 3.63) is 224 Å². The lowest BCUT2D eigenvalue weighted by molar-refractivity contribution is 0.671. The summed E-state index contributed by atoms with van der Waals surface area (Å²) in [5, 5.41) is 4.69. The number of hydrogen-bond acceptors (Lipinski definition) is 6. The van der Waals surface area contributed by atoms with E-state index >= 15 is 0 Å². The topological polar surface area (TPSA) is 51.8 Å². The molecular formula is C63H37N3OS2. The van der Waals surface area contributed by atoms with Crippen molar-refractivity contribution in [1.29, 1.82) is 0 Å². The van der Waals surface area contributed by atoms with Crippen LogP contribution in [-0.2, 0) is 0 Å². The molecule has 0 saturated heterocycles. The van der Waals surface area contributed by atoms with Gasteiger partial charge in [-0.15, -0.1) is 22.7 Å². The molecule has 0 radical (unpaired) electrons. The first-order chi connectivity index (χ1) is 36.7. The zero-order valence-corrected chi connectivity index (χ0v) is 38.1. The lowest BCUT2D eigenvalue weighted by Crippen LogP contribution is -2.00. The van der Waals surface area contributed by atoms with E-state index in [4.69, 9.17) is 20.7 Å². The molecule has 0 spiro atoms. The van der Waals surface area contributed by atoms with Gasteiger partial charge in [-0.05, 0) is 57.6 Å². The maximum atomic E-state index is 9.92. The van der Waals surface area contributed by atoms with Gasteiger partial charge in [-0.2, -0.15) is 0 Å². The summed E-state index contributed by atoms with van der Waals surface area (Å²) < 4.78 is 66.6. The molecule has 0 saturated carbocycles. The fourth-order valence-corrected chi connectivity index (χ4v) is 11.8. The zero-order valence-electron chi connectivity index (χ0n) is 42.5. The van der Waals surface area contributed by atoms with Gasteiger partial charge < -0.3 is 4.42 Å². The van der Waals surface area contributed by atoms with Crippen LogP contribution in [-0.4, -0.2) is 15.0 Å². The van der Waals surface area contributed by atoms with E-state index in [2.05, 4.69) is 60.7 Å². The second kappa shape index (κ2) is 16.1. The maximum Gasteiger partial charge on any atom is 0.164 e. The minimum absolute atomic E-state index is 0.0455. The van der Waals surface area contributed by atoms with Crippen LogP contribution in [0.3, 0.4) is 0 Å². The number of rotatable bonds is 7. The van der Waals surface area contributed by atoms with Gasteiger partial charge in [-0.1, -0.05) is 200 Å². The van der Waals surface area contributed by atoms with Crippen molar-refractivity contribution in [2.75, 3.05) is 0 Å². The van der Waals surface area contributed by atoms with E-state index in [9.17, 15) is 6.85 Å². The number of fused-ring (bicyclic) bond motifs is 9. The molecule has 4 heterocycles. The van der Waals surface area contributed by atoms with Gasteiger partial charge in [0.15, 0.2) is 17.5 Å². The third kappa shape index (κ3) is 6.68. The van der Waals surface area contributed by atoms with Crippen molar-refractivity contribution in [2.45, 2.75) is 0 Å². The summed E-state index contributed by atoms with van der Waals surface area (Å²) in [5.74, 6) is 0.694. The van der Waals surface area contributed by atoms with Gasteiger partial charge in [0.1, 0.15) is 11.2 Å². The van der Waals surface area contributed by atoms with Gasteiger partial charge in [0, 0.05) is 78.9 Å². The highest BCUT2D eigenvalue weighted by atomic mass is 32.1. The molecule has 0 fully saturated rings. The summed E-state index contributed by atoms with van der Waals surface area (Å²) in [6, 6.07) is 61.5. The van der Waals surface area contributed by atoms with Crippen LogP contribution in [0.15, 0.2) is 229 Å². The summed E-state index contributed by atoms with van der Waals surface area (Å²) in [4.78, 5) is 15.1. The monoisotopic (exact) mass is 921 g/mol. The van der Waals surface area contributed by atoms with E-state index in [0.717, 1.165) is 86.8 Å². The van der Waals surface area contributed by atoms with E-state index < -0.39 is 0 Å². The molecule has 0 atom stereocenters.